The van der Waals surface area contributed by atoms with Crippen LogP contribution in [0.5, 0.6) is 0 Å². The van der Waals surface area contributed by atoms with Gasteiger partial charge in [0.15, 0.2) is 0 Å². The van der Waals surface area contributed by atoms with E-state index in [0.717, 1.165) is 12.6 Å². The summed E-state index contributed by atoms with van der Waals surface area (Å²) in [7, 11) is -2.70. The largest absolute Gasteiger partial charge is 0.282 e. The maximum atomic E-state index is 12.3. The van der Waals surface area contributed by atoms with Gasteiger partial charge in [-0.3, -0.25) is 0 Å². The van der Waals surface area contributed by atoms with Crippen molar-refractivity contribution < 1.29 is 17.2 Å². The lowest BCUT2D eigenvalue weighted by atomic mass is 10.2. The van der Waals surface area contributed by atoms with Gasteiger partial charge >= 0.3 is 0 Å². The van der Waals surface area contributed by atoms with Crippen LogP contribution in [0.15, 0.2) is 30.3 Å². The molecule has 0 bridgehead atoms. The van der Waals surface area contributed by atoms with Gasteiger partial charge in [-0.1, -0.05) is 37.3 Å². The number of halogens is 2. The van der Waals surface area contributed by atoms with Gasteiger partial charge in [0, 0.05) is 20.1 Å². The van der Waals surface area contributed by atoms with E-state index in [4.69, 9.17) is 0 Å². The maximum Gasteiger partial charge on any atom is 0.282 e. The van der Waals surface area contributed by atoms with E-state index in [0.29, 0.717) is 4.31 Å². The second-order valence-electron chi connectivity index (χ2n) is 4.09. The lowest BCUT2D eigenvalue weighted by molar-refractivity contribution is 0.124. The second-order valence-corrected chi connectivity index (χ2v) is 6.13. The monoisotopic (exact) mass is 292 g/mol. The Morgan fingerprint density at radius 3 is 2.26 bits per heavy atom. The van der Waals surface area contributed by atoms with E-state index in [2.05, 4.69) is 0 Å². The molecule has 0 radical (unpaired) electrons. The van der Waals surface area contributed by atoms with Crippen LogP contribution in [0.1, 0.15) is 12.5 Å². The minimum absolute atomic E-state index is 0.174. The molecular weight excluding hydrogens is 274 g/mol. The molecule has 1 aromatic rings. The highest BCUT2D eigenvalue weighted by Crippen LogP contribution is 2.13. The van der Waals surface area contributed by atoms with Crippen molar-refractivity contribution >= 4 is 10.2 Å². The molecule has 0 aliphatic carbocycles. The third-order valence-corrected chi connectivity index (χ3v) is 4.65. The van der Waals surface area contributed by atoms with Gasteiger partial charge in [-0.25, -0.2) is 8.78 Å². The van der Waals surface area contributed by atoms with Gasteiger partial charge < -0.3 is 0 Å². The molecule has 0 fully saturated rings. The summed E-state index contributed by atoms with van der Waals surface area (Å²) in [6.45, 7) is 1.28. The zero-order valence-electron chi connectivity index (χ0n) is 11.0. The van der Waals surface area contributed by atoms with Crippen molar-refractivity contribution in [2.24, 2.45) is 0 Å². The molecule has 0 unspecified atom stereocenters. The molecular formula is C12H18F2N2O2S. The molecule has 0 aromatic heterocycles. The van der Waals surface area contributed by atoms with Crippen molar-refractivity contribution in [1.29, 1.82) is 0 Å². The average molecular weight is 292 g/mol. The summed E-state index contributed by atoms with van der Waals surface area (Å²) in [5, 5.41) is 0. The van der Waals surface area contributed by atoms with Gasteiger partial charge in [0.05, 0.1) is 6.54 Å². The second kappa shape index (κ2) is 6.93. The molecule has 7 heteroatoms. The molecule has 108 valence electrons. The molecule has 0 aliphatic heterocycles. The van der Waals surface area contributed by atoms with Crippen LogP contribution < -0.4 is 0 Å². The molecule has 0 saturated carbocycles. The number of benzene rings is 1. The highest BCUT2D eigenvalue weighted by atomic mass is 32.2. The lowest BCUT2D eigenvalue weighted by Gasteiger charge is -2.26. The van der Waals surface area contributed by atoms with E-state index in [-0.39, 0.29) is 13.1 Å². The minimum atomic E-state index is -3.86. The van der Waals surface area contributed by atoms with Crippen molar-refractivity contribution in [2.75, 3.05) is 20.1 Å². The summed E-state index contributed by atoms with van der Waals surface area (Å²) >= 11 is 0. The van der Waals surface area contributed by atoms with Gasteiger partial charge in [-0.2, -0.15) is 17.0 Å². The van der Waals surface area contributed by atoms with E-state index < -0.39 is 23.2 Å². The van der Waals surface area contributed by atoms with Crippen LogP contribution in [0.3, 0.4) is 0 Å². The zero-order chi connectivity index (χ0) is 14.5. The molecule has 0 saturated heterocycles. The number of alkyl halides is 2. The van der Waals surface area contributed by atoms with Gasteiger partial charge in [-0.15, -0.1) is 0 Å². The fraction of sp³-hybridized carbons (Fsp3) is 0.500. The Balaban J connectivity index is 2.84. The fourth-order valence-electron chi connectivity index (χ4n) is 1.63. The quantitative estimate of drug-likeness (QED) is 0.770. The van der Waals surface area contributed by atoms with E-state index >= 15 is 0 Å². The molecule has 0 aliphatic rings. The molecule has 0 amide bonds. The van der Waals surface area contributed by atoms with Crippen molar-refractivity contribution in [3.8, 4) is 0 Å². The molecule has 0 heterocycles. The zero-order valence-corrected chi connectivity index (χ0v) is 11.8. The summed E-state index contributed by atoms with van der Waals surface area (Å²) in [6, 6.07) is 9.03. The summed E-state index contributed by atoms with van der Waals surface area (Å²) in [6.07, 6.45) is -2.68. The number of hydrogen-bond donors (Lipinski definition) is 0. The van der Waals surface area contributed by atoms with Gasteiger partial charge in [0.1, 0.15) is 0 Å². The predicted molar refractivity (Wildman–Crippen MR) is 70.1 cm³/mol. The van der Waals surface area contributed by atoms with Crippen LogP contribution in [0, 0.1) is 0 Å². The SMILES string of the molecule is CCN(Cc1ccccc1)S(=O)(=O)N(C)CC(F)F. The average Bonchev–Trinajstić information content (AvgIpc) is 2.36. The predicted octanol–water partition coefficient (Wildman–Crippen LogP) is 1.95. The Morgan fingerprint density at radius 2 is 1.79 bits per heavy atom. The van der Waals surface area contributed by atoms with Crippen molar-refractivity contribution in [3.63, 3.8) is 0 Å². The smallest absolute Gasteiger partial charge is 0.209 e. The summed E-state index contributed by atoms with van der Waals surface area (Å²) in [5.74, 6) is 0. The minimum Gasteiger partial charge on any atom is -0.209 e. The summed E-state index contributed by atoms with van der Waals surface area (Å²) < 4.78 is 50.7. The third-order valence-electron chi connectivity index (χ3n) is 2.67. The summed E-state index contributed by atoms with van der Waals surface area (Å²) in [5.41, 5.74) is 0.818. The molecule has 0 spiro atoms. The topological polar surface area (TPSA) is 40.6 Å². The fourth-order valence-corrected chi connectivity index (χ4v) is 2.96. The first-order valence-electron chi connectivity index (χ1n) is 5.91. The maximum absolute atomic E-state index is 12.3. The highest BCUT2D eigenvalue weighted by Gasteiger charge is 2.27. The van der Waals surface area contributed by atoms with Gasteiger partial charge in [0.2, 0.25) is 0 Å². The van der Waals surface area contributed by atoms with Gasteiger partial charge in [-0.05, 0) is 5.56 Å². The van der Waals surface area contributed by atoms with E-state index in [9.17, 15) is 17.2 Å². The van der Waals surface area contributed by atoms with Crippen LogP contribution >= 0.6 is 0 Å². The first-order chi connectivity index (χ1) is 8.87. The number of nitrogens with zero attached hydrogens (tertiary/aromatic N) is 2. The van der Waals surface area contributed by atoms with E-state index in [1.165, 1.54) is 4.31 Å². The van der Waals surface area contributed by atoms with Crippen LogP contribution in [-0.2, 0) is 16.8 Å². The normalized spacial score (nSPS) is 12.6. The van der Waals surface area contributed by atoms with Crippen molar-refractivity contribution in [2.45, 2.75) is 19.9 Å². The standard InChI is InChI=1S/C12H18F2N2O2S/c1-3-16(9-11-7-5-4-6-8-11)19(17,18)15(2)10-12(13)14/h4-8,12H,3,9-10H2,1-2H3. The highest BCUT2D eigenvalue weighted by molar-refractivity contribution is 7.86. The van der Waals surface area contributed by atoms with Crippen molar-refractivity contribution in [1.82, 2.24) is 8.61 Å². The Kier molecular flexibility index (Phi) is 5.84. The molecule has 4 nitrogen and oxygen atoms in total. The Bertz CT molecular complexity index is 480. The number of hydrogen-bond acceptors (Lipinski definition) is 2. The Labute approximate surface area is 112 Å². The third kappa shape index (κ3) is 4.52. The Morgan fingerprint density at radius 1 is 1.21 bits per heavy atom. The molecule has 0 N–H and O–H groups in total. The number of rotatable bonds is 7. The first kappa shape index (κ1) is 16.0. The first-order valence-corrected chi connectivity index (χ1v) is 7.31. The van der Waals surface area contributed by atoms with Crippen LogP contribution in [0.2, 0.25) is 0 Å². The molecule has 0 atom stereocenters. The van der Waals surface area contributed by atoms with Crippen LogP contribution in [0.4, 0.5) is 8.78 Å². The summed E-state index contributed by atoms with van der Waals surface area (Å²) in [4.78, 5) is 0. The molecule has 1 aromatic carbocycles. The molecule has 1 rings (SSSR count). The van der Waals surface area contributed by atoms with Gasteiger partial charge in [0.25, 0.3) is 16.6 Å². The molecule has 19 heavy (non-hydrogen) atoms. The van der Waals surface area contributed by atoms with Crippen LogP contribution in [-0.4, -0.2) is 43.6 Å². The van der Waals surface area contributed by atoms with E-state index in [1.54, 1.807) is 31.2 Å². The lowest BCUT2D eigenvalue weighted by Crippen LogP contribution is -2.43. The van der Waals surface area contributed by atoms with E-state index in [1.807, 2.05) is 6.07 Å². The Hall–Kier alpha value is -1.05. The van der Waals surface area contributed by atoms with Crippen molar-refractivity contribution in [3.05, 3.63) is 35.9 Å². The van der Waals surface area contributed by atoms with Crippen LogP contribution in [0.25, 0.3) is 0 Å².